The van der Waals surface area contributed by atoms with Crippen LogP contribution in [0.3, 0.4) is 0 Å². The minimum absolute atomic E-state index is 0. The second-order valence-corrected chi connectivity index (χ2v) is 2.94. The fraction of sp³-hybridized carbons (Fsp3) is 0.300. The lowest BCUT2D eigenvalue weighted by molar-refractivity contribution is -0.114. The Kier molecular flexibility index (Phi) is 6.70. The average molecular weight is 230 g/mol. The third-order valence-electron chi connectivity index (χ3n) is 1.84. The molecule has 1 amide bonds. The normalized spacial score (nSPS) is 9.20. The van der Waals surface area contributed by atoms with Gasteiger partial charge in [-0.1, -0.05) is 18.2 Å². The quantitative estimate of drug-likeness (QED) is 0.713. The molecule has 0 aliphatic heterocycles. The van der Waals surface area contributed by atoms with Gasteiger partial charge < -0.3 is 16.4 Å². The number of anilines is 1. The molecule has 0 spiro atoms. The molecule has 0 saturated carbocycles. The first-order valence-corrected chi connectivity index (χ1v) is 4.50. The Morgan fingerprint density at radius 2 is 2.07 bits per heavy atom. The standard InChI is InChI=1S/C10H15N3O.ClH/c1-12-7-8-4-2-3-5-9(8)13-10(14)6-11;/h2-5,12H,6-7,11H2,1H3,(H,13,14);1H. The first kappa shape index (κ1) is 13.9. The second-order valence-electron chi connectivity index (χ2n) is 2.94. The predicted molar refractivity (Wildman–Crippen MR) is 64.1 cm³/mol. The van der Waals surface area contributed by atoms with Crippen LogP contribution in [0.15, 0.2) is 24.3 Å². The van der Waals surface area contributed by atoms with Gasteiger partial charge in [-0.15, -0.1) is 12.4 Å². The highest BCUT2D eigenvalue weighted by molar-refractivity contribution is 5.92. The number of nitrogens with two attached hydrogens (primary N) is 1. The van der Waals surface area contributed by atoms with Crippen LogP contribution in [0, 0.1) is 0 Å². The molecule has 0 radical (unpaired) electrons. The van der Waals surface area contributed by atoms with Crippen LogP contribution >= 0.6 is 12.4 Å². The molecule has 4 N–H and O–H groups in total. The maximum atomic E-state index is 11.1. The van der Waals surface area contributed by atoms with Gasteiger partial charge >= 0.3 is 0 Å². The van der Waals surface area contributed by atoms with Gasteiger partial charge in [0.2, 0.25) is 5.91 Å². The molecule has 1 rings (SSSR count). The molecule has 1 aromatic rings. The Morgan fingerprint density at radius 1 is 1.40 bits per heavy atom. The van der Waals surface area contributed by atoms with E-state index in [0.717, 1.165) is 17.8 Å². The van der Waals surface area contributed by atoms with Crippen molar-refractivity contribution < 1.29 is 4.79 Å². The molecule has 0 fully saturated rings. The van der Waals surface area contributed by atoms with Gasteiger partial charge in [-0.25, -0.2) is 0 Å². The summed E-state index contributed by atoms with van der Waals surface area (Å²) in [5.74, 6) is -0.173. The molecule has 0 bridgehead atoms. The van der Waals surface area contributed by atoms with Crippen molar-refractivity contribution in [1.82, 2.24) is 5.32 Å². The maximum absolute atomic E-state index is 11.1. The highest BCUT2D eigenvalue weighted by Crippen LogP contribution is 2.14. The van der Waals surface area contributed by atoms with Gasteiger partial charge in [0.05, 0.1) is 6.54 Å². The molecule has 0 aromatic heterocycles. The highest BCUT2D eigenvalue weighted by atomic mass is 35.5. The molecule has 84 valence electrons. The number of para-hydroxylation sites is 1. The van der Waals surface area contributed by atoms with E-state index in [4.69, 9.17) is 5.73 Å². The SMILES string of the molecule is CNCc1ccccc1NC(=O)CN.Cl. The molecular weight excluding hydrogens is 214 g/mol. The van der Waals surface area contributed by atoms with Crippen molar-refractivity contribution in [2.75, 3.05) is 18.9 Å². The summed E-state index contributed by atoms with van der Waals surface area (Å²) in [4.78, 5) is 11.1. The summed E-state index contributed by atoms with van der Waals surface area (Å²) in [6, 6.07) is 7.64. The van der Waals surface area contributed by atoms with Crippen molar-refractivity contribution >= 4 is 24.0 Å². The van der Waals surface area contributed by atoms with E-state index in [-0.39, 0.29) is 24.9 Å². The zero-order valence-corrected chi connectivity index (χ0v) is 9.43. The average Bonchev–Trinajstić information content (AvgIpc) is 2.21. The van der Waals surface area contributed by atoms with E-state index in [0.29, 0.717) is 0 Å². The molecule has 0 aliphatic carbocycles. The van der Waals surface area contributed by atoms with Gasteiger partial charge in [0.25, 0.3) is 0 Å². The molecule has 0 heterocycles. The van der Waals surface area contributed by atoms with Crippen LogP contribution in [0.1, 0.15) is 5.56 Å². The zero-order chi connectivity index (χ0) is 10.4. The van der Waals surface area contributed by atoms with Crippen LogP contribution in [0.25, 0.3) is 0 Å². The van der Waals surface area contributed by atoms with Gasteiger partial charge in [0.15, 0.2) is 0 Å². The number of carbonyl (C=O) groups excluding carboxylic acids is 1. The summed E-state index contributed by atoms with van der Waals surface area (Å²) in [5.41, 5.74) is 7.09. The molecule has 5 heteroatoms. The lowest BCUT2D eigenvalue weighted by atomic mass is 10.2. The van der Waals surface area contributed by atoms with E-state index in [1.807, 2.05) is 31.3 Å². The van der Waals surface area contributed by atoms with E-state index in [1.165, 1.54) is 0 Å². The Labute approximate surface area is 95.6 Å². The van der Waals surface area contributed by atoms with Crippen LogP contribution in [-0.2, 0) is 11.3 Å². The lowest BCUT2D eigenvalue weighted by Crippen LogP contribution is -2.23. The van der Waals surface area contributed by atoms with Gasteiger partial charge in [0, 0.05) is 12.2 Å². The van der Waals surface area contributed by atoms with Crippen LogP contribution in [0.4, 0.5) is 5.69 Å². The van der Waals surface area contributed by atoms with Crippen molar-refractivity contribution in [1.29, 1.82) is 0 Å². The topological polar surface area (TPSA) is 67.1 Å². The Bertz CT molecular complexity index is 317. The molecule has 15 heavy (non-hydrogen) atoms. The van der Waals surface area contributed by atoms with E-state index < -0.39 is 0 Å². The van der Waals surface area contributed by atoms with Crippen molar-refractivity contribution in [3.63, 3.8) is 0 Å². The summed E-state index contributed by atoms with van der Waals surface area (Å²) in [5, 5.41) is 5.77. The number of carbonyl (C=O) groups is 1. The number of halogens is 1. The fourth-order valence-corrected chi connectivity index (χ4v) is 1.19. The van der Waals surface area contributed by atoms with Crippen LogP contribution in [0.5, 0.6) is 0 Å². The van der Waals surface area contributed by atoms with Crippen LogP contribution in [-0.4, -0.2) is 19.5 Å². The minimum atomic E-state index is -0.173. The predicted octanol–water partition coefficient (Wildman–Crippen LogP) is 0.725. The minimum Gasteiger partial charge on any atom is -0.325 e. The molecule has 0 aliphatic rings. The van der Waals surface area contributed by atoms with Crippen LogP contribution in [0.2, 0.25) is 0 Å². The molecule has 0 saturated heterocycles. The number of hydrogen-bond acceptors (Lipinski definition) is 3. The number of rotatable bonds is 4. The Morgan fingerprint density at radius 3 is 2.67 bits per heavy atom. The number of benzene rings is 1. The molecule has 0 atom stereocenters. The summed E-state index contributed by atoms with van der Waals surface area (Å²) in [7, 11) is 1.86. The van der Waals surface area contributed by atoms with E-state index in [9.17, 15) is 4.79 Å². The second kappa shape index (κ2) is 7.23. The monoisotopic (exact) mass is 229 g/mol. The van der Waals surface area contributed by atoms with Gasteiger partial charge in [0.1, 0.15) is 0 Å². The Hall–Kier alpha value is -1.10. The first-order chi connectivity index (χ1) is 6.77. The molecule has 1 aromatic carbocycles. The molecule has 0 unspecified atom stereocenters. The zero-order valence-electron chi connectivity index (χ0n) is 8.62. The van der Waals surface area contributed by atoms with Gasteiger partial charge in [-0.2, -0.15) is 0 Å². The number of amides is 1. The first-order valence-electron chi connectivity index (χ1n) is 4.50. The third kappa shape index (κ3) is 4.29. The molecular formula is C10H16ClN3O. The third-order valence-corrected chi connectivity index (χ3v) is 1.84. The largest absolute Gasteiger partial charge is 0.325 e. The fourth-order valence-electron chi connectivity index (χ4n) is 1.19. The van der Waals surface area contributed by atoms with Crippen molar-refractivity contribution in [3.8, 4) is 0 Å². The van der Waals surface area contributed by atoms with E-state index in [2.05, 4.69) is 10.6 Å². The van der Waals surface area contributed by atoms with Crippen LogP contribution < -0.4 is 16.4 Å². The smallest absolute Gasteiger partial charge is 0.238 e. The van der Waals surface area contributed by atoms with Gasteiger partial charge in [-0.3, -0.25) is 4.79 Å². The van der Waals surface area contributed by atoms with E-state index >= 15 is 0 Å². The number of nitrogens with one attached hydrogen (secondary N) is 2. The summed E-state index contributed by atoms with van der Waals surface area (Å²) < 4.78 is 0. The highest BCUT2D eigenvalue weighted by Gasteiger charge is 2.03. The van der Waals surface area contributed by atoms with Crippen molar-refractivity contribution in [3.05, 3.63) is 29.8 Å². The summed E-state index contributed by atoms with van der Waals surface area (Å²) in [6.07, 6.45) is 0. The molecule has 4 nitrogen and oxygen atoms in total. The van der Waals surface area contributed by atoms with E-state index in [1.54, 1.807) is 0 Å². The summed E-state index contributed by atoms with van der Waals surface area (Å²) in [6.45, 7) is 0.731. The summed E-state index contributed by atoms with van der Waals surface area (Å²) >= 11 is 0. The van der Waals surface area contributed by atoms with Crippen molar-refractivity contribution in [2.24, 2.45) is 5.73 Å². The maximum Gasteiger partial charge on any atom is 0.238 e. The Balaban J connectivity index is 0.00000196. The van der Waals surface area contributed by atoms with Crippen molar-refractivity contribution in [2.45, 2.75) is 6.54 Å². The van der Waals surface area contributed by atoms with Gasteiger partial charge in [-0.05, 0) is 18.7 Å². The lowest BCUT2D eigenvalue weighted by Gasteiger charge is -2.09. The number of hydrogen-bond donors (Lipinski definition) is 3.